The maximum absolute atomic E-state index is 15.0. The molecule has 1 saturated heterocycles. The lowest BCUT2D eigenvalue weighted by atomic mass is 10.00. The van der Waals surface area contributed by atoms with E-state index in [0.717, 1.165) is 24.0 Å². The number of benzene rings is 2. The second kappa shape index (κ2) is 9.55. The Morgan fingerprint density at radius 1 is 1.19 bits per heavy atom. The van der Waals surface area contributed by atoms with Gasteiger partial charge in [0.15, 0.2) is 17.3 Å². The predicted octanol–water partition coefficient (Wildman–Crippen LogP) is 5.65. The first-order valence-electron chi connectivity index (χ1n) is 11.1. The van der Waals surface area contributed by atoms with E-state index in [2.05, 4.69) is 11.7 Å². The summed E-state index contributed by atoms with van der Waals surface area (Å²) in [6.07, 6.45) is 7.21. The van der Waals surface area contributed by atoms with Crippen molar-refractivity contribution >= 4 is 24.4 Å². The van der Waals surface area contributed by atoms with Gasteiger partial charge in [-0.1, -0.05) is 24.3 Å². The Morgan fingerprint density at radius 2 is 1.94 bits per heavy atom. The molecule has 168 valence electrons. The highest BCUT2D eigenvalue weighted by molar-refractivity contribution is 5.83. The first-order valence-corrected chi connectivity index (χ1v) is 11.1. The number of piperidine rings is 1. The topological polar surface area (TPSA) is 51.1 Å². The summed E-state index contributed by atoms with van der Waals surface area (Å²) < 4.78 is 26.5. The van der Waals surface area contributed by atoms with E-state index in [4.69, 9.17) is 9.47 Å². The summed E-state index contributed by atoms with van der Waals surface area (Å²) in [5.74, 6) is 0.857. The molecule has 5 nitrogen and oxygen atoms in total. The second-order valence-corrected chi connectivity index (χ2v) is 8.30. The van der Waals surface area contributed by atoms with Crippen LogP contribution in [0.1, 0.15) is 38.2 Å². The molecule has 4 rings (SSSR count). The molecule has 1 aliphatic heterocycles. The minimum atomic E-state index is -0.424. The minimum Gasteiger partial charge on any atom is -0.494 e. The Hall–Kier alpha value is -3.15. The molecule has 6 heteroatoms. The van der Waals surface area contributed by atoms with Crippen LogP contribution in [0.3, 0.4) is 0 Å². The van der Waals surface area contributed by atoms with Crippen LogP contribution in [-0.4, -0.2) is 43.8 Å². The van der Waals surface area contributed by atoms with Gasteiger partial charge in [-0.15, -0.1) is 0 Å². The van der Waals surface area contributed by atoms with Gasteiger partial charge in [-0.25, -0.2) is 4.39 Å². The van der Waals surface area contributed by atoms with Gasteiger partial charge in [0, 0.05) is 43.0 Å². The Kier molecular flexibility index (Phi) is 6.58. The fourth-order valence-electron chi connectivity index (χ4n) is 4.22. The summed E-state index contributed by atoms with van der Waals surface area (Å²) in [7, 11) is 1.57. The van der Waals surface area contributed by atoms with E-state index in [1.807, 2.05) is 42.2 Å². The number of methoxy groups -OCH3 is 1. The standard InChI is InChI=1S/C26H29FN2O3/c1-4-5-17-8-10-21(25(31-3)24(17)28-2)19-9-11-23(22(27)16-19)32-20-12-14-29(15-13-20)26(30)18-6-7-18/h4-5,8-11,16,18,20H,2,6-7,12-15H2,1,3H3/b5-4-. The van der Waals surface area contributed by atoms with Gasteiger partial charge in [0.25, 0.3) is 0 Å². The van der Waals surface area contributed by atoms with Crippen molar-refractivity contribution in [1.82, 2.24) is 4.90 Å². The van der Waals surface area contributed by atoms with Crippen LogP contribution in [0.25, 0.3) is 17.2 Å². The molecule has 2 aromatic carbocycles. The van der Waals surface area contributed by atoms with Crippen molar-refractivity contribution in [3.05, 3.63) is 47.8 Å². The quantitative estimate of drug-likeness (QED) is 0.527. The summed E-state index contributed by atoms with van der Waals surface area (Å²) in [4.78, 5) is 18.3. The van der Waals surface area contributed by atoms with Gasteiger partial charge in [-0.3, -0.25) is 9.79 Å². The van der Waals surface area contributed by atoms with Crippen molar-refractivity contribution in [2.45, 2.75) is 38.7 Å². The number of allylic oxidation sites excluding steroid dienone is 1. The number of carbonyl (C=O) groups excluding carboxylic acids is 1. The Balaban J connectivity index is 1.49. The van der Waals surface area contributed by atoms with Crippen molar-refractivity contribution in [2.75, 3.05) is 20.2 Å². The minimum absolute atomic E-state index is 0.0928. The molecule has 0 aromatic heterocycles. The summed E-state index contributed by atoms with van der Waals surface area (Å²) >= 11 is 0. The molecule has 2 aliphatic rings. The summed E-state index contributed by atoms with van der Waals surface area (Å²) in [6.45, 7) is 6.93. The molecule has 0 N–H and O–H groups in total. The van der Waals surface area contributed by atoms with Gasteiger partial charge in [-0.05, 0) is 50.2 Å². The van der Waals surface area contributed by atoms with Crippen LogP contribution < -0.4 is 9.47 Å². The van der Waals surface area contributed by atoms with Crippen LogP contribution in [0.15, 0.2) is 41.4 Å². The second-order valence-electron chi connectivity index (χ2n) is 8.30. The van der Waals surface area contributed by atoms with E-state index < -0.39 is 5.82 Å². The number of aliphatic imine (C=N–C) groups is 1. The third kappa shape index (κ3) is 4.54. The van der Waals surface area contributed by atoms with Crippen molar-refractivity contribution in [3.63, 3.8) is 0 Å². The third-order valence-corrected chi connectivity index (χ3v) is 6.09. The SMILES string of the molecule is C=Nc1c(/C=C\C)ccc(-c2ccc(OC3CCN(C(=O)C4CC4)CC3)c(F)c2)c1OC. The molecule has 0 radical (unpaired) electrons. The Labute approximate surface area is 188 Å². The van der Waals surface area contributed by atoms with Crippen LogP contribution in [0, 0.1) is 11.7 Å². The van der Waals surface area contributed by atoms with E-state index in [1.165, 1.54) is 6.07 Å². The monoisotopic (exact) mass is 436 g/mol. The molecule has 1 saturated carbocycles. The van der Waals surface area contributed by atoms with Gasteiger partial charge in [-0.2, -0.15) is 0 Å². The Bertz CT molecular complexity index is 1040. The van der Waals surface area contributed by atoms with Gasteiger partial charge >= 0.3 is 0 Å². The van der Waals surface area contributed by atoms with E-state index in [-0.39, 0.29) is 23.7 Å². The number of amides is 1. The summed E-state index contributed by atoms with van der Waals surface area (Å²) in [5, 5.41) is 0. The summed E-state index contributed by atoms with van der Waals surface area (Å²) in [6, 6.07) is 8.75. The molecular weight excluding hydrogens is 407 g/mol. The normalized spacial score (nSPS) is 16.9. The number of ether oxygens (including phenoxy) is 2. The van der Waals surface area contributed by atoms with Crippen molar-refractivity contribution < 1.29 is 18.7 Å². The van der Waals surface area contributed by atoms with Gasteiger partial charge in [0.1, 0.15) is 11.8 Å². The molecule has 0 bridgehead atoms. The molecule has 1 amide bonds. The number of hydrogen-bond donors (Lipinski definition) is 0. The van der Waals surface area contributed by atoms with Crippen LogP contribution >= 0.6 is 0 Å². The van der Waals surface area contributed by atoms with Crippen molar-refractivity contribution in [2.24, 2.45) is 10.9 Å². The molecule has 1 heterocycles. The van der Waals surface area contributed by atoms with Crippen molar-refractivity contribution in [3.8, 4) is 22.6 Å². The van der Waals surface area contributed by atoms with Crippen LogP contribution in [0.4, 0.5) is 10.1 Å². The first kappa shape index (κ1) is 22.1. The lowest BCUT2D eigenvalue weighted by Crippen LogP contribution is -2.42. The molecule has 2 aromatic rings. The Morgan fingerprint density at radius 3 is 2.53 bits per heavy atom. The van der Waals surface area contributed by atoms with Crippen molar-refractivity contribution in [1.29, 1.82) is 0 Å². The molecule has 32 heavy (non-hydrogen) atoms. The number of carbonyl (C=O) groups is 1. The number of rotatable bonds is 7. The average molecular weight is 437 g/mol. The van der Waals surface area contributed by atoms with E-state index in [1.54, 1.807) is 13.2 Å². The van der Waals surface area contributed by atoms with E-state index >= 15 is 0 Å². The van der Waals surface area contributed by atoms with E-state index in [9.17, 15) is 9.18 Å². The lowest BCUT2D eigenvalue weighted by Gasteiger charge is -2.32. The third-order valence-electron chi connectivity index (χ3n) is 6.09. The highest BCUT2D eigenvalue weighted by Crippen LogP contribution is 2.42. The largest absolute Gasteiger partial charge is 0.494 e. The van der Waals surface area contributed by atoms with Gasteiger partial charge in [0.05, 0.1) is 7.11 Å². The molecule has 1 aliphatic carbocycles. The molecular formula is C26H29FN2O3. The number of likely N-dealkylation sites (tertiary alicyclic amines) is 1. The fourth-order valence-corrected chi connectivity index (χ4v) is 4.22. The maximum atomic E-state index is 15.0. The molecule has 0 unspecified atom stereocenters. The predicted molar refractivity (Wildman–Crippen MR) is 125 cm³/mol. The maximum Gasteiger partial charge on any atom is 0.225 e. The zero-order chi connectivity index (χ0) is 22.7. The zero-order valence-electron chi connectivity index (χ0n) is 18.6. The van der Waals surface area contributed by atoms with E-state index in [0.29, 0.717) is 42.9 Å². The zero-order valence-corrected chi connectivity index (χ0v) is 18.6. The van der Waals surface area contributed by atoms with Crippen LogP contribution in [0.2, 0.25) is 0 Å². The lowest BCUT2D eigenvalue weighted by molar-refractivity contribution is -0.134. The number of halogens is 1. The molecule has 0 atom stereocenters. The molecule has 0 spiro atoms. The number of hydrogen-bond acceptors (Lipinski definition) is 4. The summed E-state index contributed by atoms with van der Waals surface area (Å²) in [5.41, 5.74) is 2.92. The van der Waals surface area contributed by atoms with Gasteiger partial charge in [0.2, 0.25) is 5.91 Å². The first-order chi connectivity index (χ1) is 15.5. The smallest absolute Gasteiger partial charge is 0.225 e. The highest BCUT2D eigenvalue weighted by atomic mass is 19.1. The van der Waals surface area contributed by atoms with Crippen LogP contribution in [-0.2, 0) is 4.79 Å². The van der Waals surface area contributed by atoms with Crippen LogP contribution in [0.5, 0.6) is 11.5 Å². The number of nitrogens with zero attached hydrogens (tertiary/aromatic N) is 2. The average Bonchev–Trinajstić information content (AvgIpc) is 3.66. The van der Waals surface area contributed by atoms with Gasteiger partial charge < -0.3 is 14.4 Å². The highest BCUT2D eigenvalue weighted by Gasteiger charge is 2.35. The molecule has 2 fully saturated rings. The fraction of sp³-hybridized carbons (Fsp3) is 0.385.